The minimum Gasteiger partial charge on any atom is -0.299 e. The number of hydrogen-bond acceptors (Lipinski definition) is 1. The van der Waals surface area contributed by atoms with E-state index in [0.717, 1.165) is 25.7 Å². The fraction of sp³-hybridized carbons (Fsp3) is 0.786. The molecule has 0 aromatic carbocycles. The van der Waals surface area contributed by atoms with Gasteiger partial charge in [0.15, 0.2) is 0 Å². The van der Waals surface area contributed by atoms with E-state index in [4.69, 9.17) is 0 Å². The first-order chi connectivity index (χ1) is 7.31. The minimum atomic E-state index is 0.312. The molecule has 0 amide bonds. The van der Waals surface area contributed by atoms with Gasteiger partial charge in [0.05, 0.1) is 6.42 Å². The van der Waals surface area contributed by atoms with E-state index in [9.17, 15) is 4.79 Å². The van der Waals surface area contributed by atoms with E-state index in [1.807, 2.05) is 0 Å². The van der Waals surface area contributed by atoms with E-state index in [1.165, 1.54) is 25.7 Å². The van der Waals surface area contributed by atoms with Gasteiger partial charge in [0.1, 0.15) is 5.78 Å². The van der Waals surface area contributed by atoms with Crippen LogP contribution >= 0.6 is 0 Å². The topological polar surface area (TPSA) is 17.1 Å². The van der Waals surface area contributed by atoms with Crippen molar-refractivity contribution in [1.82, 2.24) is 0 Å². The molecule has 1 nitrogen and oxygen atoms in total. The third-order valence-electron chi connectivity index (χ3n) is 2.38. The molecule has 0 aromatic rings. The van der Waals surface area contributed by atoms with E-state index in [1.54, 1.807) is 0 Å². The van der Waals surface area contributed by atoms with Crippen LogP contribution in [0, 0.1) is 11.8 Å². The maximum absolute atomic E-state index is 11.3. The highest BCUT2D eigenvalue weighted by Crippen LogP contribution is 2.01. The molecule has 0 radical (unpaired) electrons. The van der Waals surface area contributed by atoms with Gasteiger partial charge >= 0.3 is 0 Å². The van der Waals surface area contributed by atoms with Crippen LogP contribution in [-0.4, -0.2) is 5.78 Å². The number of Topliss-reactive ketones (excluding diaryl/α,β-unsaturated/α-hetero) is 1. The summed E-state index contributed by atoms with van der Waals surface area (Å²) in [5, 5.41) is 0. The zero-order valence-electron chi connectivity index (χ0n) is 10.3. The Kier molecular flexibility index (Phi) is 10.7. The summed E-state index contributed by atoms with van der Waals surface area (Å²) in [4.78, 5) is 11.3. The SMILES string of the molecule is CCCCCC#CCC(=O)CCCCC. The number of carbonyl (C=O) groups is 1. The second-order valence-corrected chi connectivity index (χ2v) is 3.98. The zero-order chi connectivity index (χ0) is 11.4. The molecule has 15 heavy (non-hydrogen) atoms. The van der Waals surface area contributed by atoms with Crippen LogP contribution in [0.15, 0.2) is 0 Å². The molecule has 0 spiro atoms. The van der Waals surface area contributed by atoms with Gasteiger partial charge in [0, 0.05) is 12.8 Å². The summed E-state index contributed by atoms with van der Waals surface area (Å²) in [6.45, 7) is 4.34. The van der Waals surface area contributed by atoms with E-state index < -0.39 is 0 Å². The van der Waals surface area contributed by atoms with Crippen molar-refractivity contribution < 1.29 is 4.79 Å². The first-order valence-corrected chi connectivity index (χ1v) is 6.28. The van der Waals surface area contributed by atoms with E-state index in [2.05, 4.69) is 25.7 Å². The Bertz CT molecular complexity index is 207. The van der Waals surface area contributed by atoms with E-state index in [0.29, 0.717) is 12.2 Å². The lowest BCUT2D eigenvalue weighted by Gasteiger charge is -1.94. The molecular weight excluding hydrogens is 184 g/mol. The van der Waals surface area contributed by atoms with Gasteiger partial charge in [0.25, 0.3) is 0 Å². The number of unbranched alkanes of at least 4 members (excludes halogenated alkanes) is 5. The lowest BCUT2D eigenvalue weighted by molar-refractivity contribution is -0.118. The molecule has 0 N–H and O–H groups in total. The van der Waals surface area contributed by atoms with Crippen LogP contribution in [0.3, 0.4) is 0 Å². The molecular formula is C14H24O. The molecule has 0 bridgehead atoms. The van der Waals surface area contributed by atoms with Gasteiger partial charge < -0.3 is 0 Å². The zero-order valence-corrected chi connectivity index (χ0v) is 10.3. The quantitative estimate of drug-likeness (QED) is 0.433. The molecule has 0 rings (SSSR count). The Labute approximate surface area is 94.6 Å². The summed E-state index contributed by atoms with van der Waals surface area (Å²) < 4.78 is 0. The summed E-state index contributed by atoms with van der Waals surface area (Å²) >= 11 is 0. The molecule has 0 aliphatic heterocycles. The monoisotopic (exact) mass is 208 g/mol. The van der Waals surface area contributed by atoms with Crippen molar-refractivity contribution in [3.8, 4) is 11.8 Å². The maximum Gasteiger partial charge on any atom is 0.144 e. The van der Waals surface area contributed by atoms with Gasteiger partial charge in [-0.3, -0.25) is 4.79 Å². The molecule has 0 saturated heterocycles. The molecule has 86 valence electrons. The molecule has 0 fully saturated rings. The third kappa shape index (κ3) is 11.2. The van der Waals surface area contributed by atoms with Gasteiger partial charge in [0.2, 0.25) is 0 Å². The first-order valence-electron chi connectivity index (χ1n) is 6.28. The van der Waals surface area contributed by atoms with E-state index in [-0.39, 0.29) is 0 Å². The van der Waals surface area contributed by atoms with Crippen LogP contribution in [0.25, 0.3) is 0 Å². The van der Waals surface area contributed by atoms with E-state index >= 15 is 0 Å². The van der Waals surface area contributed by atoms with Crippen LogP contribution in [0.2, 0.25) is 0 Å². The molecule has 0 aliphatic rings. The summed E-state index contributed by atoms with van der Waals surface area (Å²) in [6, 6.07) is 0. The second-order valence-electron chi connectivity index (χ2n) is 3.98. The van der Waals surface area contributed by atoms with Crippen molar-refractivity contribution in [1.29, 1.82) is 0 Å². The number of ketones is 1. The molecule has 0 heterocycles. The standard InChI is InChI=1S/C14H24O/c1-3-5-7-8-9-11-13-14(15)12-10-6-4-2/h3-8,10,12-13H2,1-2H3. The van der Waals surface area contributed by atoms with Gasteiger partial charge in [-0.05, 0) is 12.8 Å². The summed E-state index contributed by atoms with van der Waals surface area (Å²) in [7, 11) is 0. The Morgan fingerprint density at radius 1 is 0.933 bits per heavy atom. The Morgan fingerprint density at radius 2 is 1.60 bits per heavy atom. The summed E-state index contributed by atoms with van der Waals surface area (Å²) in [5.74, 6) is 6.35. The Morgan fingerprint density at radius 3 is 2.27 bits per heavy atom. The van der Waals surface area contributed by atoms with Crippen molar-refractivity contribution in [2.24, 2.45) is 0 Å². The average Bonchev–Trinajstić information content (AvgIpc) is 2.23. The van der Waals surface area contributed by atoms with Gasteiger partial charge in [-0.15, -0.1) is 5.92 Å². The molecule has 0 atom stereocenters. The van der Waals surface area contributed by atoms with Gasteiger partial charge in [-0.1, -0.05) is 45.5 Å². The van der Waals surface area contributed by atoms with Crippen molar-refractivity contribution in [2.75, 3.05) is 0 Å². The van der Waals surface area contributed by atoms with Gasteiger partial charge in [-0.2, -0.15) is 0 Å². The number of hydrogen-bond donors (Lipinski definition) is 0. The predicted octanol–water partition coefficient (Wildman–Crippen LogP) is 4.11. The minimum absolute atomic E-state index is 0.312. The Hall–Kier alpha value is -0.770. The second kappa shape index (κ2) is 11.3. The van der Waals surface area contributed by atoms with Crippen molar-refractivity contribution in [2.45, 2.75) is 71.6 Å². The van der Waals surface area contributed by atoms with Crippen LogP contribution in [-0.2, 0) is 4.79 Å². The maximum atomic E-state index is 11.3. The normalized spacial score (nSPS) is 9.47. The highest BCUT2D eigenvalue weighted by molar-refractivity contribution is 5.80. The third-order valence-corrected chi connectivity index (χ3v) is 2.38. The number of rotatable bonds is 8. The van der Waals surface area contributed by atoms with Crippen LogP contribution in [0.4, 0.5) is 0 Å². The molecule has 1 heteroatoms. The van der Waals surface area contributed by atoms with Crippen LogP contribution < -0.4 is 0 Å². The molecule has 0 saturated carbocycles. The van der Waals surface area contributed by atoms with Crippen LogP contribution in [0.5, 0.6) is 0 Å². The highest BCUT2D eigenvalue weighted by atomic mass is 16.1. The molecule has 0 aliphatic carbocycles. The predicted molar refractivity (Wildman–Crippen MR) is 65.7 cm³/mol. The van der Waals surface area contributed by atoms with Crippen molar-refractivity contribution >= 4 is 5.78 Å². The molecule has 0 unspecified atom stereocenters. The van der Waals surface area contributed by atoms with Crippen molar-refractivity contribution in [3.05, 3.63) is 0 Å². The van der Waals surface area contributed by atoms with Gasteiger partial charge in [-0.25, -0.2) is 0 Å². The largest absolute Gasteiger partial charge is 0.299 e. The highest BCUT2D eigenvalue weighted by Gasteiger charge is 1.97. The van der Waals surface area contributed by atoms with Crippen molar-refractivity contribution in [3.63, 3.8) is 0 Å². The fourth-order valence-electron chi connectivity index (χ4n) is 1.37. The lowest BCUT2D eigenvalue weighted by atomic mass is 10.1. The Balaban J connectivity index is 3.35. The first kappa shape index (κ1) is 14.2. The summed E-state index contributed by atoms with van der Waals surface area (Å²) in [6.07, 6.45) is 9.17. The average molecular weight is 208 g/mol. The van der Waals surface area contributed by atoms with Crippen LogP contribution in [0.1, 0.15) is 71.6 Å². The molecule has 0 aromatic heterocycles. The summed E-state index contributed by atoms with van der Waals surface area (Å²) in [5.41, 5.74) is 0. The number of carbonyl (C=O) groups excluding carboxylic acids is 1. The smallest absolute Gasteiger partial charge is 0.144 e. The lowest BCUT2D eigenvalue weighted by Crippen LogP contribution is -1.95. The fourth-order valence-corrected chi connectivity index (χ4v) is 1.37.